The van der Waals surface area contributed by atoms with E-state index in [2.05, 4.69) is 44.2 Å². The Hall–Kier alpha value is -2.04. The smallest absolute Gasteiger partial charge is 0.191 e. The summed E-state index contributed by atoms with van der Waals surface area (Å²) in [6.07, 6.45) is 1.09. The van der Waals surface area contributed by atoms with Crippen molar-refractivity contribution in [3.63, 3.8) is 0 Å². The Morgan fingerprint density at radius 1 is 1.25 bits per heavy atom. The van der Waals surface area contributed by atoms with Crippen LogP contribution in [0.15, 0.2) is 29.3 Å². The van der Waals surface area contributed by atoms with Gasteiger partial charge in [0.05, 0.1) is 11.0 Å². The average molecular weight is 273 g/mol. The average Bonchev–Trinajstić information content (AvgIpc) is 2.78. The molecule has 0 fully saturated rings. The molecule has 2 N–H and O–H groups in total. The molecule has 5 heteroatoms. The van der Waals surface area contributed by atoms with Crippen LogP contribution >= 0.6 is 0 Å². The Bertz CT molecular complexity index is 585. The number of nitrogens with one attached hydrogen (secondary N) is 2. The van der Waals surface area contributed by atoms with Gasteiger partial charge in [0.1, 0.15) is 5.82 Å². The second-order valence-electron chi connectivity index (χ2n) is 4.73. The van der Waals surface area contributed by atoms with E-state index < -0.39 is 0 Å². The first-order chi connectivity index (χ1) is 9.76. The highest BCUT2D eigenvalue weighted by Gasteiger charge is 2.06. The second-order valence-corrected chi connectivity index (χ2v) is 4.73. The summed E-state index contributed by atoms with van der Waals surface area (Å²) >= 11 is 0. The minimum absolute atomic E-state index is 0.824. The number of nitrogens with zero attached hydrogens (tertiary/aromatic N) is 3. The third-order valence-electron chi connectivity index (χ3n) is 3.24. The van der Waals surface area contributed by atoms with Crippen molar-refractivity contribution < 1.29 is 0 Å². The quantitative estimate of drug-likeness (QED) is 0.646. The molecule has 5 nitrogen and oxygen atoms in total. The van der Waals surface area contributed by atoms with Gasteiger partial charge in [0.15, 0.2) is 5.96 Å². The van der Waals surface area contributed by atoms with Crippen molar-refractivity contribution in [2.75, 3.05) is 20.1 Å². The lowest BCUT2D eigenvalue weighted by molar-refractivity contribution is 0.659. The molecule has 1 aromatic carbocycles. The van der Waals surface area contributed by atoms with Crippen LogP contribution in [0.1, 0.15) is 19.2 Å². The molecule has 0 amide bonds. The van der Waals surface area contributed by atoms with Crippen LogP contribution in [0.3, 0.4) is 0 Å². The minimum Gasteiger partial charge on any atom is -0.356 e. The van der Waals surface area contributed by atoms with Crippen LogP contribution in [-0.2, 0) is 6.54 Å². The van der Waals surface area contributed by atoms with Gasteiger partial charge in [0.2, 0.25) is 0 Å². The van der Waals surface area contributed by atoms with E-state index in [1.165, 1.54) is 5.52 Å². The highest BCUT2D eigenvalue weighted by Crippen LogP contribution is 2.14. The third kappa shape index (κ3) is 3.29. The number of aromatic nitrogens is 2. The van der Waals surface area contributed by atoms with Gasteiger partial charge in [-0.1, -0.05) is 19.1 Å². The zero-order chi connectivity index (χ0) is 14.4. The SMILES string of the molecule is CCCNC(=NC)NCCn1c(C)nc2ccccc21. The van der Waals surface area contributed by atoms with E-state index >= 15 is 0 Å². The van der Waals surface area contributed by atoms with Crippen LogP contribution in [0, 0.1) is 6.92 Å². The van der Waals surface area contributed by atoms with Crippen molar-refractivity contribution in [1.29, 1.82) is 0 Å². The van der Waals surface area contributed by atoms with Crippen LogP contribution in [-0.4, -0.2) is 35.6 Å². The summed E-state index contributed by atoms with van der Waals surface area (Å²) in [7, 11) is 1.79. The molecule has 0 unspecified atom stereocenters. The molecule has 0 aliphatic carbocycles. The van der Waals surface area contributed by atoms with E-state index in [0.717, 1.165) is 43.4 Å². The lowest BCUT2D eigenvalue weighted by atomic mass is 10.3. The van der Waals surface area contributed by atoms with Crippen LogP contribution < -0.4 is 10.6 Å². The molecule has 0 saturated heterocycles. The van der Waals surface area contributed by atoms with Crippen molar-refractivity contribution in [2.45, 2.75) is 26.8 Å². The number of hydrogen-bond acceptors (Lipinski definition) is 2. The molecule has 0 atom stereocenters. The fraction of sp³-hybridized carbons (Fsp3) is 0.467. The summed E-state index contributed by atoms with van der Waals surface area (Å²) in [6.45, 7) is 6.82. The Balaban J connectivity index is 1.97. The molecule has 0 spiro atoms. The number of imidazole rings is 1. The first kappa shape index (κ1) is 14.4. The zero-order valence-corrected chi connectivity index (χ0v) is 12.5. The molecule has 2 aromatic rings. The molecular formula is C15H23N5. The van der Waals surface area contributed by atoms with Gasteiger partial charge in [-0.15, -0.1) is 0 Å². The maximum absolute atomic E-state index is 4.57. The zero-order valence-electron chi connectivity index (χ0n) is 12.5. The molecule has 0 aliphatic heterocycles. The molecule has 2 rings (SSSR count). The van der Waals surface area contributed by atoms with Crippen LogP contribution in [0.4, 0.5) is 0 Å². The normalized spacial score (nSPS) is 11.8. The van der Waals surface area contributed by atoms with E-state index in [0.29, 0.717) is 0 Å². The Morgan fingerprint density at radius 2 is 2.00 bits per heavy atom. The molecule has 20 heavy (non-hydrogen) atoms. The third-order valence-corrected chi connectivity index (χ3v) is 3.24. The number of para-hydroxylation sites is 2. The molecule has 1 heterocycles. The maximum Gasteiger partial charge on any atom is 0.191 e. The summed E-state index contributed by atoms with van der Waals surface area (Å²) in [5.41, 5.74) is 2.24. The maximum atomic E-state index is 4.57. The molecular weight excluding hydrogens is 250 g/mol. The summed E-state index contributed by atoms with van der Waals surface area (Å²) in [6, 6.07) is 8.23. The highest BCUT2D eigenvalue weighted by atomic mass is 15.2. The van der Waals surface area contributed by atoms with Gasteiger partial charge in [-0.05, 0) is 25.5 Å². The van der Waals surface area contributed by atoms with Gasteiger partial charge in [-0.25, -0.2) is 4.98 Å². The first-order valence-electron chi connectivity index (χ1n) is 7.12. The van der Waals surface area contributed by atoms with E-state index in [-0.39, 0.29) is 0 Å². The molecule has 0 saturated carbocycles. The highest BCUT2D eigenvalue weighted by molar-refractivity contribution is 5.79. The largest absolute Gasteiger partial charge is 0.356 e. The minimum atomic E-state index is 0.824. The van der Waals surface area contributed by atoms with E-state index in [1.54, 1.807) is 7.05 Å². The number of rotatable bonds is 5. The standard InChI is InChI=1S/C15H23N5/c1-4-9-17-15(16-3)18-10-11-20-12(2)19-13-7-5-6-8-14(13)20/h5-8H,4,9-11H2,1-3H3,(H2,16,17,18). The molecule has 1 aromatic heterocycles. The van der Waals surface area contributed by atoms with Crippen molar-refractivity contribution in [3.05, 3.63) is 30.1 Å². The number of hydrogen-bond donors (Lipinski definition) is 2. The van der Waals surface area contributed by atoms with Gasteiger partial charge in [-0.3, -0.25) is 4.99 Å². The van der Waals surface area contributed by atoms with Gasteiger partial charge in [0, 0.05) is 26.7 Å². The first-order valence-corrected chi connectivity index (χ1v) is 7.12. The van der Waals surface area contributed by atoms with Gasteiger partial charge in [-0.2, -0.15) is 0 Å². The predicted molar refractivity (Wildman–Crippen MR) is 84.1 cm³/mol. The number of guanidine groups is 1. The van der Waals surface area contributed by atoms with Crippen LogP contribution in [0.2, 0.25) is 0 Å². The van der Waals surface area contributed by atoms with Crippen molar-refractivity contribution >= 4 is 17.0 Å². The Morgan fingerprint density at radius 3 is 2.75 bits per heavy atom. The number of aliphatic imine (C=N–C) groups is 1. The van der Waals surface area contributed by atoms with Crippen LogP contribution in [0.5, 0.6) is 0 Å². The molecule has 108 valence electrons. The number of benzene rings is 1. The van der Waals surface area contributed by atoms with E-state index in [9.17, 15) is 0 Å². The van der Waals surface area contributed by atoms with Gasteiger partial charge < -0.3 is 15.2 Å². The molecule has 0 aliphatic rings. The van der Waals surface area contributed by atoms with Gasteiger partial charge in [0.25, 0.3) is 0 Å². The Labute approximate surface area is 120 Å². The fourth-order valence-corrected chi connectivity index (χ4v) is 2.23. The summed E-state index contributed by atoms with van der Waals surface area (Å²) in [5.74, 6) is 1.90. The summed E-state index contributed by atoms with van der Waals surface area (Å²) in [5, 5.41) is 6.59. The van der Waals surface area contributed by atoms with Gasteiger partial charge >= 0.3 is 0 Å². The molecule has 0 radical (unpaired) electrons. The number of aryl methyl sites for hydroxylation is 1. The monoisotopic (exact) mass is 273 g/mol. The topological polar surface area (TPSA) is 54.2 Å². The van der Waals surface area contributed by atoms with Crippen molar-refractivity contribution in [2.24, 2.45) is 4.99 Å². The van der Waals surface area contributed by atoms with E-state index in [4.69, 9.17) is 0 Å². The predicted octanol–water partition coefficient (Wildman–Crippen LogP) is 1.92. The van der Waals surface area contributed by atoms with Crippen molar-refractivity contribution in [3.8, 4) is 0 Å². The summed E-state index contributed by atoms with van der Waals surface area (Å²) in [4.78, 5) is 8.77. The Kier molecular flexibility index (Phi) is 4.98. The van der Waals surface area contributed by atoms with E-state index in [1.807, 2.05) is 19.1 Å². The number of fused-ring (bicyclic) bond motifs is 1. The van der Waals surface area contributed by atoms with Crippen molar-refractivity contribution in [1.82, 2.24) is 20.2 Å². The fourth-order valence-electron chi connectivity index (χ4n) is 2.23. The molecule has 0 bridgehead atoms. The lowest BCUT2D eigenvalue weighted by Crippen LogP contribution is -2.39. The second kappa shape index (κ2) is 6.93. The summed E-state index contributed by atoms with van der Waals surface area (Å²) < 4.78 is 2.23. The lowest BCUT2D eigenvalue weighted by Gasteiger charge is -2.12. The van der Waals surface area contributed by atoms with Crippen LogP contribution in [0.25, 0.3) is 11.0 Å².